The molecule has 1 aromatic carbocycles. The molecule has 26 heavy (non-hydrogen) atoms. The van der Waals surface area contributed by atoms with Gasteiger partial charge in [-0.05, 0) is 25.0 Å². The van der Waals surface area contributed by atoms with E-state index in [4.69, 9.17) is 0 Å². The maximum atomic E-state index is 12.3. The highest BCUT2D eigenvalue weighted by Gasteiger charge is 2.30. The number of hydrogen-bond donors (Lipinski definition) is 1. The zero-order chi connectivity index (χ0) is 17.8. The van der Waals surface area contributed by atoms with Crippen molar-refractivity contribution in [1.29, 1.82) is 0 Å². The Morgan fingerprint density at radius 1 is 1.04 bits per heavy atom. The molecule has 0 unspecified atom stereocenters. The van der Waals surface area contributed by atoms with E-state index in [0.29, 0.717) is 25.4 Å². The van der Waals surface area contributed by atoms with Crippen LogP contribution < -0.4 is 10.2 Å². The van der Waals surface area contributed by atoms with E-state index in [1.807, 2.05) is 47.6 Å². The van der Waals surface area contributed by atoms with Gasteiger partial charge in [0.1, 0.15) is 5.82 Å². The van der Waals surface area contributed by atoms with Gasteiger partial charge in [-0.25, -0.2) is 9.97 Å². The Bertz CT molecular complexity index is 725. The van der Waals surface area contributed by atoms with Gasteiger partial charge in [0.15, 0.2) is 0 Å². The van der Waals surface area contributed by atoms with Crippen molar-refractivity contribution in [3.8, 4) is 0 Å². The summed E-state index contributed by atoms with van der Waals surface area (Å²) in [6, 6.07) is 10.0. The van der Waals surface area contributed by atoms with Gasteiger partial charge in [0.2, 0.25) is 5.91 Å². The summed E-state index contributed by atoms with van der Waals surface area (Å²) in [5.41, 5.74) is 2.05. The van der Waals surface area contributed by atoms with Gasteiger partial charge in [0.25, 0.3) is 0 Å². The van der Waals surface area contributed by atoms with Crippen LogP contribution in [0.4, 0.5) is 5.69 Å². The largest absolute Gasteiger partial charge is 0.311 e. The third kappa shape index (κ3) is 3.93. The molecule has 5 heteroatoms. The fourth-order valence-electron chi connectivity index (χ4n) is 3.99. The van der Waals surface area contributed by atoms with Crippen LogP contribution in [-0.4, -0.2) is 28.5 Å². The van der Waals surface area contributed by atoms with Crippen LogP contribution in [0.1, 0.15) is 55.8 Å². The minimum absolute atomic E-state index is 0.167. The molecule has 2 aromatic rings. The minimum Gasteiger partial charge on any atom is -0.311 e. The molecule has 136 valence electrons. The van der Waals surface area contributed by atoms with Gasteiger partial charge in [0, 0.05) is 55.1 Å². The number of carbonyl (C=O) groups excluding carboxylic acids is 1. The lowest BCUT2D eigenvalue weighted by Gasteiger charge is -2.20. The van der Waals surface area contributed by atoms with Crippen LogP contribution in [0.3, 0.4) is 0 Å². The molecular formula is C21H26N4O. The Kier molecular flexibility index (Phi) is 5.25. The van der Waals surface area contributed by atoms with E-state index in [2.05, 4.69) is 15.3 Å². The van der Waals surface area contributed by atoms with E-state index in [1.54, 1.807) is 0 Å². The van der Waals surface area contributed by atoms with Crippen molar-refractivity contribution in [2.75, 3.05) is 11.4 Å². The van der Waals surface area contributed by atoms with Crippen molar-refractivity contribution < 1.29 is 4.79 Å². The summed E-state index contributed by atoms with van der Waals surface area (Å²) in [7, 11) is 0. The van der Waals surface area contributed by atoms with Crippen LogP contribution in [0.5, 0.6) is 0 Å². The van der Waals surface area contributed by atoms with E-state index >= 15 is 0 Å². The fourth-order valence-corrected chi connectivity index (χ4v) is 3.99. The van der Waals surface area contributed by atoms with Crippen molar-refractivity contribution in [3.63, 3.8) is 0 Å². The number of amides is 1. The second kappa shape index (κ2) is 7.96. The lowest BCUT2D eigenvalue weighted by Crippen LogP contribution is -2.32. The van der Waals surface area contributed by atoms with Crippen molar-refractivity contribution in [3.05, 3.63) is 54.1 Å². The third-order valence-corrected chi connectivity index (χ3v) is 5.48. The molecule has 1 aliphatic carbocycles. The predicted molar refractivity (Wildman–Crippen MR) is 102 cm³/mol. The Balaban J connectivity index is 1.31. The molecule has 1 N–H and O–H groups in total. The van der Waals surface area contributed by atoms with Crippen LogP contribution in [0.15, 0.2) is 42.7 Å². The fraction of sp³-hybridized carbons (Fsp3) is 0.476. The summed E-state index contributed by atoms with van der Waals surface area (Å²) in [5, 5.41) is 3.48. The lowest BCUT2D eigenvalue weighted by molar-refractivity contribution is -0.117. The van der Waals surface area contributed by atoms with E-state index in [0.717, 1.165) is 17.1 Å². The average molecular weight is 350 g/mol. The zero-order valence-corrected chi connectivity index (χ0v) is 15.1. The van der Waals surface area contributed by atoms with Crippen molar-refractivity contribution >= 4 is 11.6 Å². The molecule has 1 aliphatic heterocycles. The molecule has 2 aliphatic rings. The van der Waals surface area contributed by atoms with E-state index in [1.165, 1.54) is 32.1 Å². The molecule has 5 nitrogen and oxygen atoms in total. The predicted octanol–water partition coefficient (Wildman–Crippen LogP) is 3.42. The van der Waals surface area contributed by atoms with E-state index in [9.17, 15) is 4.79 Å². The molecule has 1 amide bonds. The van der Waals surface area contributed by atoms with E-state index in [-0.39, 0.29) is 11.9 Å². The standard InChI is InChI=1S/C21H26N4O/c26-20-11-18(15-25(20)19-9-5-2-6-10-19)22-12-16-13-23-21(24-14-16)17-7-3-1-4-8-17/h2,5-6,9-10,13-14,17-18,22H,1,3-4,7-8,11-12,15H2/t18-/m1/s1. The van der Waals surface area contributed by atoms with Gasteiger partial charge in [-0.1, -0.05) is 37.5 Å². The van der Waals surface area contributed by atoms with Gasteiger partial charge in [-0.2, -0.15) is 0 Å². The number of benzene rings is 1. The van der Waals surface area contributed by atoms with Crippen molar-refractivity contribution in [2.45, 2.75) is 57.0 Å². The van der Waals surface area contributed by atoms with Crippen LogP contribution in [-0.2, 0) is 11.3 Å². The molecular weight excluding hydrogens is 324 g/mol. The SMILES string of the molecule is O=C1C[C@@H](NCc2cnc(C3CCCCC3)nc2)CN1c1ccccc1. The summed E-state index contributed by atoms with van der Waals surface area (Å²) in [6.07, 6.45) is 10.8. The first-order valence-corrected chi connectivity index (χ1v) is 9.69. The highest BCUT2D eigenvalue weighted by molar-refractivity contribution is 5.96. The highest BCUT2D eigenvalue weighted by Crippen LogP contribution is 2.30. The van der Waals surface area contributed by atoms with Crippen LogP contribution in [0, 0.1) is 0 Å². The number of aromatic nitrogens is 2. The summed E-state index contributed by atoms with van der Waals surface area (Å²) in [5.74, 6) is 1.72. The maximum Gasteiger partial charge on any atom is 0.228 e. The van der Waals surface area contributed by atoms with Crippen LogP contribution in [0.2, 0.25) is 0 Å². The third-order valence-electron chi connectivity index (χ3n) is 5.48. The number of nitrogens with one attached hydrogen (secondary N) is 1. The van der Waals surface area contributed by atoms with Gasteiger partial charge in [-0.3, -0.25) is 4.79 Å². The summed E-state index contributed by atoms with van der Waals surface area (Å²) < 4.78 is 0. The summed E-state index contributed by atoms with van der Waals surface area (Å²) >= 11 is 0. The average Bonchev–Trinajstić information content (AvgIpc) is 3.09. The molecule has 0 bridgehead atoms. The topological polar surface area (TPSA) is 58.1 Å². The summed E-state index contributed by atoms with van der Waals surface area (Å²) in [4.78, 5) is 23.3. The molecule has 2 fully saturated rings. The number of hydrogen-bond acceptors (Lipinski definition) is 4. The highest BCUT2D eigenvalue weighted by atomic mass is 16.2. The lowest BCUT2D eigenvalue weighted by atomic mass is 9.89. The smallest absolute Gasteiger partial charge is 0.228 e. The number of carbonyl (C=O) groups is 1. The molecule has 1 atom stereocenters. The first-order valence-electron chi connectivity index (χ1n) is 9.69. The molecule has 1 saturated heterocycles. The number of anilines is 1. The second-order valence-corrected chi connectivity index (χ2v) is 7.41. The Labute approximate surface area is 154 Å². The quantitative estimate of drug-likeness (QED) is 0.898. The molecule has 1 saturated carbocycles. The first kappa shape index (κ1) is 17.2. The Morgan fingerprint density at radius 3 is 2.50 bits per heavy atom. The maximum absolute atomic E-state index is 12.3. The van der Waals surface area contributed by atoms with Gasteiger partial charge in [-0.15, -0.1) is 0 Å². The Morgan fingerprint density at radius 2 is 1.77 bits per heavy atom. The minimum atomic E-state index is 0.167. The van der Waals surface area contributed by atoms with Crippen LogP contribution >= 0.6 is 0 Å². The molecule has 4 rings (SSSR count). The van der Waals surface area contributed by atoms with Gasteiger partial charge >= 0.3 is 0 Å². The molecule has 0 spiro atoms. The second-order valence-electron chi connectivity index (χ2n) is 7.41. The summed E-state index contributed by atoms with van der Waals surface area (Å²) in [6.45, 7) is 1.41. The van der Waals surface area contributed by atoms with Crippen molar-refractivity contribution in [1.82, 2.24) is 15.3 Å². The van der Waals surface area contributed by atoms with Crippen molar-refractivity contribution in [2.24, 2.45) is 0 Å². The van der Waals surface area contributed by atoms with E-state index < -0.39 is 0 Å². The van der Waals surface area contributed by atoms with Crippen LogP contribution in [0.25, 0.3) is 0 Å². The molecule has 1 aromatic heterocycles. The molecule has 2 heterocycles. The number of para-hydroxylation sites is 1. The monoisotopic (exact) mass is 350 g/mol. The van der Waals surface area contributed by atoms with Gasteiger partial charge in [0.05, 0.1) is 0 Å². The zero-order valence-electron chi connectivity index (χ0n) is 15.1. The van der Waals surface area contributed by atoms with Gasteiger partial charge < -0.3 is 10.2 Å². The molecule has 0 radical (unpaired) electrons. The normalized spacial score (nSPS) is 21.3. The Hall–Kier alpha value is -2.27. The number of rotatable bonds is 5. The number of nitrogens with zero attached hydrogens (tertiary/aromatic N) is 3. The first-order chi connectivity index (χ1) is 12.8.